The number of rotatable bonds is 6. The van der Waals surface area contributed by atoms with Gasteiger partial charge in [0.25, 0.3) is 0 Å². The molecule has 6 heteroatoms. The quantitative estimate of drug-likeness (QED) is 0.786. The second kappa shape index (κ2) is 9.14. The Kier molecular flexibility index (Phi) is 6.63. The number of aromatic nitrogens is 1. The number of amides is 1. The SMILES string of the molecule is CN1CCN(c2ccc(CNC(=O)CCc3cccc(Br)c3)cn2)CC1. The van der Waals surface area contributed by atoms with Gasteiger partial charge in [-0.15, -0.1) is 0 Å². The number of hydrogen-bond donors (Lipinski definition) is 1. The van der Waals surface area contributed by atoms with Crippen molar-refractivity contribution in [2.75, 3.05) is 38.1 Å². The van der Waals surface area contributed by atoms with Crippen molar-refractivity contribution in [1.82, 2.24) is 15.2 Å². The molecule has 0 aliphatic carbocycles. The van der Waals surface area contributed by atoms with Crippen LogP contribution in [0.4, 0.5) is 5.82 Å². The Hall–Kier alpha value is -1.92. The van der Waals surface area contributed by atoms with Crippen LogP contribution in [0.15, 0.2) is 47.1 Å². The van der Waals surface area contributed by atoms with Crippen molar-refractivity contribution in [3.05, 3.63) is 58.2 Å². The predicted octanol–water partition coefficient (Wildman–Crippen LogP) is 2.84. The van der Waals surface area contributed by atoms with Crippen molar-refractivity contribution in [2.45, 2.75) is 19.4 Å². The Morgan fingerprint density at radius 1 is 1.15 bits per heavy atom. The number of aryl methyl sites for hydroxylation is 1. The summed E-state index contributed by atoms with van der Waals surface area (Å²) in [5.41, 5.74) is 2.19. The van der Waals surface area contributed by atoms with E-state index in [9.17, 15) is 4.79 Å². The molecule has 1 N–H and O–H groups in total. The van der Waals surface area contributed by atoms with E-state index in [1.807, 2.05) is 36.5 Å². The van der Waals surface area contributed by atoms with Crippen LogP contribution in [0.1, 0.15) is 17.5 Å². The van der Waals surface area contributed by atoms with Gasteiger partial charge in [-0.3, -0.25) is 4.79 Å². The van der Waals surface area contributed by atoms with Gasteiger partial charge in [-0.1, -0.05) is 34.1 Å². The van der Waals surface area contributed by atoms with Gasteiger partial charge in [0.1, 0.15) is 5.82 Å². The largest absolute Gasteiger partial charge is 0.354 e. The third kappa shape index (κ3) is 5.54. The zero-order valence-electron chi connectivity index (χ0n) is 15.1. The Morgan fingerprint density at radius 2 is 1.96 bits per heavy atom. The number of hydrogen-bond acceptors (Lipinski definition) is 4. The molecule has 1 saturated heterocycles. The number of piperazine rings is 1. The lowest BCUT2D eigenvalue weighted by atomic mass is 10.1. The zero-order valence-corrected chi connectivity index (χ0v) is 16.7. The van der Waals surface area contributed by atoms with Crippen LogP contribution in [0.5, 0.6) is 0 Å². The van der Waals surface area contributed by atoms with E-state index in [0.717, 1.165) is 54.0 Å². The van der Waals surface area contributed by atoms with Gasteiger partial charge in [0, 0.05) is 49.8 Å². The summed E-state index contributed by atoms with van der Waals surface area (Å²) < 4.78 is 1.04. The highest BCUT2D eigenvalue weighted by atomic mass is 79.9. The van der Waals surface area contributed by atoms with Crippen molar-refractivity contribution >= 4 is 27.7 Å². The average molecular weight is 417 g/mol. The summed E-state index contributed by atoms with van der Waals surface area (Å²) in [6, 6.07) is 12.2. The number of carbonyl (C=O) groups is 1. The molecule has 5 nitrogen and oxygen atoms in total. The lowest BCUT2D eigenvalue weighted by molar-refractivity contribution is -0.121. The third-order valence-corrected chi connectivity index (χ3v) is 5.15. The summed E-state index contributed by atoms with van der Waals surface area (Å²) in [6.07, 6.45) is 3.09. The van der Waals surface area contributed by atoms with Crippen molar-refractivity contribution in [2.24, 2.45) is 0 Å². The van der Waals surface area contributed by atoms with Crippen molar-refractivity contribution in [3.8, 4) is 0 Å². The van der Waals surface area contributed by atoms with Crippen LogP contribution >= 0.6 is 15.9 Å². The van der Waals surface area contributed by atoms with Gasteiger partial charge in [0.15, 0.2) is 0 Å². The summed E-state index contributed by atoms with van der Waals surface area (Å²) in [5.74, 6) is 1.08. The van der Waals surface area contributed by atoms with E-state index in [1.54, 1.807) is 0 Å². The van der Waals surface area contributed by atoms with E-state index in [4.69, 9.17) is 0 Å². The van der Waals surface area contributed by atoms with Gasteiger partial charge in [-0.2, -0.15) is 0 Å². The third-order valence-electron chi connectivity index (χ3n) is 4.66. The first-order valence-corrected chi connectivity index (χ1v) is 9.79. The van der Waals surface area contributed by atoms with Crippen LogP contribution < -0.4 is 10.2 Å². The highest BCUT2D eigenvalue weighted by Crippen LogP contribution is 2.14. The lowest BCUT2D eigenvalue weighted by Crippen LogP contribution is -2.44. The molecular weight excluding hydrogens is 392 g/mol. The number of likely N-dealkylation sites (N-methyl/N-ethyl adjacent to an activating group) is 1. The number of benzene rings is 1. The topological polar surface area (TPSA) is 48.5 Å². The number of pyridine rings is 1. The molecule has 1 fully saturated rings. The van der Waals surface area contributed by atoms with Gasteiger partial charge in [-0.05, 0) is 42.8 Å². The van der Waals surface area contributed by atoms with E-state index >= 15 is 0 Å². The first kappa shape index (κ1) is 18.9. The summed E-state index contributed by atoms with van der Waals surface area (Å²) in [6.45, 7) is 4.67. The van der Waals surface area contributed by atoms with Crippen LogP contribution in [0.3, 0.4) is 0 Å². The molecule has 2 aromatic rings. The minimum absolute atomic E-state index is 0.0631. The molecule has 1 aliphatic heterocycles. The first-order chi connectivity index (χ1) is 12.6. The fraction of sp³-hybridized carbons (Fsp3) is 0.400. The normalized spacial score (nSPS) is 15.1. The molecule has 0 spiro atoms. The van der Waals surface area contributed by atoms with Gasteiger partial charge in [0.05, 0.1) is 0 Å². The van der Waals surface area contributed by atoms with Crippen LogP contribution in [-0.2, 0) is 17.8 Å². The maximum absolute atomic E-state index is 12.1. The minimum atomic E-state index is 0.0631. The van der Waals surface area contributed by atoms with Crippen molar-refractivity contribution in [1.29, 1.82) is 0 Å². The maximum Gasteiger partial charge on any atom is 0.220 e. The molecule has 0 bridgehead atoms. The van der Waals surface area contributed by atoms with Crippen molar-refractivity contribution in [3.63, 3.8) is 0 Å². The molecule has 138 valence electrons. The molecule has 1 aromatic carbocycles. The van der Waals surface area contributed by atoms with Crippen LogP contribution in [0.25, 0.3) is 0 Å². The van der Waals surface area contributed by atoms with E-state index in [2.05, 4.69) is 49.1 Å². The Labute approximate surface area is 163 Å². The Morgan fingerprint density at radius 3 is 2.65 bits per heavy atom. The fourth-order valence-electron chi connectivity index (χ4n) is 2.98. The monoisotopic (exact) mass is 416 g/mol. The summed E-state index contributed by atoms with van der Waals surface area (Å²) >= 11 is 3.45. The summed E-state index contributed by atoms with van der Waals surface area (Å²) in [5, 5.41) is 2.98. The predicted molar refractivity (Wildman–Crippen MR) is 108 cm³/mol. The van der Waals surface area contributed by atoms with Gasteiger partial charge in [-0.25, -0.2) is 4.98 Å². The maximum atomic E-state index is 12.1. The van der Waals surface area contributed by atoms with Crippen LogP contribution in [0, 0.1) is 0 Å². The standard InChI is InChI=1S/C20H25BrN4O/c1-24-9-11-25(12-10-24)19-7-5-17(14-22-19)15-23-20(26)8-6-16-3-2-4-18(21)13-16/h2-5,7,13-14H,6,8-12,15H2,1H3,(H,23,26). The van der Waals surface area contributed by atoms with Crippen molar-refractivity contribution < 1.29 is 4.79 Å². The smallest absolute Gasteiger partial charge is 0.220 e. The average Bonchev–Trinajstić information content (AvgIpc) is 2.66. The van der Waals surface area contributed by atoms with Gasteiger partial charge >= 0.3 is 0 Å². The molecule has 0 unspecified atom stereocenters. The fourth-order valence-corrected chi connectivity index (χ4v) is 3.43. The van der Waals surface area contributed by atoms with E-state index in [1.165, 1.54) is 0 Å². The zero-order chi connectivity index (χ0) is 18.4. The Bertz CT molecular complexity index is 727. The van der Waals surface area contributed by atoms with Crippen LogP contribution in [-0.4, -0.2) is 49.0 Å². The minimum Gasteiger partial charge on any atom is -0.354 e. The van der Waals surface area contributed by atoms with E-state index in [0.29, 0.717) is 13.0 Å². The van der Waals surface area contributed by atoms with E-state index in [-0.39, 0.29) is 5.91 Å². The highest BCUT2D eigenvalue weighted by molar-refractivity contribution is 9.10. The molecule has 2 heterocycles. The Balaban J connectivity index is 1.43. The molecule has 0 saturated carbocycles. The molecule has 0 radical (unpaired) electrons. The summed E-state index contributed by atoms with van der Waals surface area (Å²) in [4.78, 5) is 21.3. The molecule has 3 rings (SSSR count). The molecule has 0 atom stereocenters. The second-order valence-corrected chi connectivity index (χ2v) is 7.64. The number of nitrogens with one attached hydrogen (secondary N) is 1. The van der Waals surface area contributed by atoms with Gasteiger partial charge in [0.2, 0.25) is 5.91 Å². The summed E-state index contributed by atoms with van der Waals surface area (Å²) in [7, 11) is 2.15. The number of anilines is 1. The first-order valence-electron chi connectivity index (χ1n) is 9.00. The highest BCUT2D eigenvalue weighted by Gasteiger charge is 2.15. The number of halogens is 1. The molecular formula is C20H25BrN4O. The second-order valence-electron chi connectivity index (χ2n) is 6.72. The molecule has 1 aliphatic rings. The van der Waals surface area contributed by atoms with Gasteiger partial charge < -0.3 is 15.1 Å². The molecule has 26 heavy (non-hydrogen) atoms. The van der Waals surface area contributed by atoms with Crippen LogP contribution in [0.2, 0.25) is 0 Å². The molecule has 1 aromatic heterocycles. The number of nitrogens with zero attached hydrogens (tertiary/aromatic N) is 3. The lowest BCUT2D eigenvalue weighted by Gasteiger charge is -2.33. The van der Waals surface area contributed by atoms with E-state index < -0.39 is 0 Å². The molecule has 1 amide bonds. The number of carbonyl (C=O) groups excluding carboxylic acids is 1.